The maximum Gasteiger partial charge on any atom is 0.269 e. The molecule has 0 aromatic carbocycles. The first kappa shape index (κ1) is 12.0. The normalized spacial score (nSPS) is 12.5. The molecule has 0 radical (unpaired) electrons. The highest BCUT2D eigenvalue weighted by atomic mass is 35.5. The number of aromatic nitrogens is 2. The third-order valence-electron chi connectivity index (χ3n) is 2.24. The van der Waals surface area contributed by atoms with Gasteiger partial charge in [-0.15, -0.1) is 11.6 Å². The average Bonchev–Trinajstić information content (AvgIpc) is 2.64. The molecule has 15 heavy (non-hydrogen) atoms. The van der Waals surface area contributed by atoms with Crippen molar-refractivity contribution in [3.63, 3.8) is 0 Å². The number of carbonyl (C=O) groups is 1. The van der Waals surface area contributed by atoms with Gasteiger partial charge in [0.1, 0.15) is 5.69 Å². The third kappa shape index (κ3) is 3.55. The minimum absolute atomic E-state index is 0.102. The Morgan fingerprint density at radius 2 is 2.47 bits per heavy atom. The lowest BCUT2D eigenvalue weighted by atomic mass is 10.2. The van der Waals surface area contributed by atoms with Gasteiger partial charge in [-0.2, -0.15) is 0 Å². The maximum atomic E-state index is 11.6. The van der Waals surface area contributed by atoms with Gasteiger partial charge in [-0.25, -0.2) is 4.98 Å². The van der Waals surface area contributed by atoms with E-state index in [9.17, 15) is 4.79 Å². The van der Waals surface area contributed by atoms with E-state index >= 15 is 0 Å². The Morgan fingerprint density at radius 1 is 1.73 bits per heavy atom. The topological polar surface area (TPSA) is 46.9 Å². The van der Waals surface area contributed by atoms with Crippen molar-refractivity contribution in [3.05, 3.63) is 18.2 Å². The largest absolute Gasteiger partial charge is 0.351 e. The molecular formula is C10H16ClN3O. The second-order valence-corrected chi connectivity index (χ2v) is 4.06. The molecule has 0 saturated carbocycles. The van der Waals surface area contributed by atoms with Gasteiger partial charge in [0.2, 0.25) is 0 Å². The molecule has 1 aromatic heterocycles. The van der Waals surface area contributed by atoms with Gasteiger partial charge in [0.15, 0.2) is 0 Å². The van der Waals surface area contributed by atoms with Crippen LogP contribution in [0.15, 0.2) is 12.5 Å². The summed E-state index contributed by atoms with van der Waals surface area (Å²) >= 11 is 5.94. The Labute approximate surface area is 94.6 Å². The molecular weight excluding hydrogens is 214 g/mol. The van der Waals surface area contributed by atoms with Gasteiger partial charge < -0.3 is 9.88 Å². The summed E-state index contributed by atoms with van der Waals surface area (Å²) in [4.78, 5) is 15.5. The first-order valence-corrected chi connectivity index (χ1v) is 5.47. The summed E-state index contributed by atoms with van der Waals surface area (Å²) in [6.45, 7) is 2.63. The number of nitrogens with one attached hydrogen (secondary N) is 1. The number of hydrogen-bond donors (Lipinski definition) is 1. The molecule has 1 amide bonds. The fourth-order valence-corrected chi connectivity index (χ4v) is 1.32. The van der Waals surface area contributed by atoms with Crippen LogP contribution in [-0.4, -0.2) is 27.4 Å². The van der Waals surface area contributed by atoms with Crippen molar-refractivity contribution in [2.24, 2.45) is 7.05 Å². The lowest BCUT2D eigenvalue weighted by Crippen LogP contribution is -2.27. The zero-order valence-electron chi connectivity index (χ0n) is 9.03. The fourth-order valence-electron chi connectivity index (χ4n) is 1.21. The van der Waals surface area contributed by atoms with Gasteiger partial charge in [0.05, 0.1) is 12.5 Å². The molecule has 4 nitrogen and oxygen atoms in total. The summed E-state index contributed by atoms with van der Waals surface area (Å²) in [7, 11) is 1.79. The molecule has 5 heteroatoms. The van der Waals surface area contributed by atoms with Crippen molar-refractivity contribution in [2.75, 3.05) is 6.54 Å². The number of alkyl halides is 1. The highest BCUT2D eigenvalue weighted by Gasteiger charge is 2.09. The molecule has 84 valence electrons. The Balaban J connectivity index is 2.34. The third-order valence-corrected chi connectivity index (χ3v) is 2.76. The SMILES string of the molecule is CCC(Cl)CCNC(=O)c1cncn1C. The Bertz CT molecular complexity index is 324. The first-order chi connectivity index (χ1) is 7.15. The molecule has 1 N–H and O–H groups in total. The molecule has 1 unspecified atom stereocenters. The van der Waals surface area contributed by atoms with Crippen LogP contribution in [0.1, 0.15) is 30.3 Å². The number of rotatable bonds is 5. The van der Waals surface area contributed by atoms with Gasteiger partial charge in [-0.05, 0) is 12.8 Å². The van der Waals surface area contributed by atoms with E-state index in [2.05, 4.69) is 10.3 Å². The lowest BCUT2D eigenvalue weighted by molar-refractivity contribution is 0.0945. The number of aryl methyl sites for hydroxylation is 1. The molecule has 1 atom stereocenters. The molecule has 1 aromatic rings. The number of imidazole rings is 1. The molecule has 1 rings (SSSR count). The van der Waals surface area contributed by atoms with Crippen molar-refractivity contribution < 1.29 is 4.79 Å². The van der Waals surface area contributed by atoms with Crippen molar-refractivity contribution in [1.29, 1.82) is 0 Å². The predicted octanol–water partition coefficient (Wildman–Crippen LogP) is 1.56. The first-order valence-electron chi connectivity index (χ1n) is 5.03. The number of halogens is 1. The van der Waals surface area contributed by atoms with Crippen LogP contribution in [0.4, 0.5) is 0 Å². The molecule has 0 bridgehead atoms. The molecule has 0 aliphatic rings. The van der Waals surface area contributed by atoms with Gasteiger partial charge in [-0.1, -0.05) is 6.92 Å². The van der Waals surface area contributed by atoms with E-state index < -0.39 is 0 Å². The van der Waals surface area contributed by atoms with Gasteiger partial charge >= 0.3 is 0 Å². The van der Waals surface area contributed by atoms with Gasteiger partial charge in [0.25, 0.3) is 5.91 Å². The summed E-state index contributed by atoms with van der Waals surface area (Å²) in [5.74, 6) is -0.102. The quantitative estimate of drug-likeness (QED) is 0.779. The Hall–Kier alpha value is -1.03. The Kier molecular flexibility index (Phi) is 4.62. The lowest BCUT2D eigenvalue weighted by Gasteiger charge is -2.07. The van der Waals surface area contributed by atoms with E-state index in [0.29, 0.717) is 12.2 Å². The van der Waals surface area contributed by atoms with Crippen LogP contribution in [-0.2, 0) is 7.05 Å². The predicted molar refractivity (Wildman–Crippen MR) is 60.1 cm³/mol. The maximum absolute atomic E-state index is 11.6. The average molecular weight is 230 g/mol. The van der Waals surface area contributed by atoms with Crippen LogP contribution in [0.5, 0.6) is 0 Å². The highest BCUT2D eigenvalue weighted by Crippen LogP contribution is 2.05. The zero-order chi connectivity index (χ0) is 11.3. The molecule has 0 aliphatic heterocycles. The van der Waals surface area contributed by atoms with Crippen molar-refractivity contribution >= 4 is 17.5 Å². The minimum atomic E-state index is -0.102. The van der Waals surface area contributed by atoms with Crippen LogP contribution in [0.25, 0.3) is 0 Å². The zero-order valence-corrected chi connectivity index (χ0v) is 9.79. The van der Waals surface area contributed by atoms with Crippen LogP contribution >= 0.6 is 11.6 Å². The molecule has 0 spiro atoms. The minimum Gasteiger partial charge on any atom is -0.351 e. The van der Waals surface area contributed by atoms with Gasteiger partial charge in [-0.3, -0.25) is 4.79 Å². The van der Waals surface area contributed by atoms with Crippen LogP contribution in [0, 0.1) is 0 Å². The molecule has 0 saturated heterocycles. The summed E-state index contributed by atoms with van der Waals surface area (Å²) in [6, 6.07) is 0. The summed E-state index contributed by atoms with van der Waals surface area (Å²) < 4.78 is 1.69. The van der Waals surface area contributed by atoms with Crippen LogP contribution in [0.3, 0.4) is 0 Å². The van der Waals surface area contributed by atoms with Crippen LogP contribution < -0.4 is 5.32 Å². The van der Waals surface area contributed by atoms with E-state index in [1.807, 2.05) is 6.92 Å². The Morgan fingerprint density at radius 3 is 3.00 bits per heavy atom. The summed E-state index contributed by atoms with van der Waals surface area (Å²) in [6.07, 6.45) is 4.86. The smallest absolute Gasteiger partial charge is 0.269 e. The van der Waals surface area contributed by atoms with E-state index in [0.717, 1.165) is 12.8 Å². The number of amides is 1. The van der Waals surface area contributed by atoms with E-state index in [4.69, 9.17) is 11.6 Å². The van der Waals surface area contributed by atoms with Crippen LogP contribution in [0.2, 0.25) is 0 Å². The van der Waals surface area contributed by atoms with Crippen molar-refractivity contribution in [3.8, 4) is 0 Å². The number of hydrogen-bond acceptors (Lipinski definition) is 2. The molecule has 0 aliphatic carbocycles. The molecule has 1 heterocycles. The standard InChI is InChI=1S/C10H16ClN3O/c1-3-8(11)4-5-13-10(15)9-6-12-7-14(9)2/h6-8H,3-5H2,1-2H3,(H,13,15). The van der Waals surface area contributed by atoms with E-state index in [1.165, 1.54) is 0 Å². The second-order valence-electron chi connectivity index (χ2n) is 3.44. The van der Waals surface area contributed by atoms with Gasteiger partial charge in [0, 0.05) is 19.0 Å². The fraction of sp³-hybridized carbons (Fsp3) is 0.600. The second kappa shape index (κ2) is 5.75. The molecule has 0 fully saturated rings. The monoisotopic (exact) mass is 229 g/mol. The van der Waals surface area contributed by atoms with Crippen molar-refractivity contribution in [1.82, 2.24) is 14.9 Å². The number of carbonyl (C=O) groups excluding carboxylic acids is 1. The highest BCUT2D eigenvalue weighted by molar-refractivity contribution is 6.20. The summed E-state index contributed by atoms with van der Waals surface area (Å²) in [5, 5.41) is 2.94. The van der Waals surface area contributed by atoms with E-state index in [-0.39, 0.29) is 11.3 Å². The van der Waals surface area contributed by atoms with E-state index in [1.54, 1.807) is 24.1 Å². The summed E-state index contributed by atoms with van der Waals surface area (Å²) in [5.41, 5.74) is 0.567. The van der Waals surface area contributed by atoms with Crippen molar-refractivity contribution in [2.45, 2.75) is 25.1 Å². The number of nitrogens with zero attached hydrogens (tertiary/aromatic N) is 2.